The molecule has 4 rings (SSSR count). The molecule has 0 aromatic heterocycles. The minimum absolute atomic E-state index is 0.0558. The van der Waals surface area contributed by atoms with Crippen LogP contribution in [-0.4, -0.2) is 106 Å². The van der Waals surface area contributed by atoms with Crippen LogP contribution >= 0.6 is 10.0 Å². The van der Waals surface area contributed by atoms with Gasteiger partial charge in [0.25, 0.3) is 12.2 Å². The van der Waals surface area contributed by atoms with Gasteiger partial charge in [-0.1, -0.05) is 18.2 Å². The summed E-state index contributed by atoms with van der Waals surface area (Å²) < 4.78 is 33.3. The third-order valence-corrected chi connectivity index (χ3v) is 10.8. The van der Waals surface area contributed by atoms with E-state index in [1.165, 1.54) is 19.1 Å². The molecule has 53 heavy (non-hydrogen) atoms. The summed E-state index contributed by atoms with van der Waals surface area (Å²) in [5.41, 5.74) is -0.885. The Morgan fingerprint density at radius 3 is 2.38 bits per heavy atom. The minimum Gasteiger partial charge on any atom is -0.467 e. The lowest BCUT2D eigenvalue weighted by molar-refractivity contribution is -0.384. The number of para-hydroxylation sites is 1. The van der Waals surface area contributed by atoms with Gasteiger partial charge in [-0.15, -0.1) is 0 Å². The maximum Gasteiger partial charge on any atom is 0.318 e. The highest BCUT2D eigenvalue weighted by Crippen LogP contribution is 2.55. The fourth-order valence-electron chi connectivity index (χ4n) is 6.27. The fourth-order valence-corrected chi connectivity index (χ4v) is 7.26. The van der Waals surface area contributed by atoms with E-state index in [2.05, 4.69) is 18.8 Å². The number of hydrogen-bond donors (Lipinski definition) is 0. The van der Waals surface area contributed by atoms with Crippen molar-refractivity contribution in [2.75, 3.05) is 75.6 Å². The monoisotopic (exact) mass is 758 g/mol. The van der Waals surface area contributed by atoms with Crippen LogP contribution in [0.25, 0.3) is 6.08 Å². The van der Waals surface area contributed by atoms with Gasteiger partial charge in [0.2, 0.25) is 5.72 Å². The molecule has 2 aromatic carbocycles. The third-order valence-electron chi connectivity index (χ3n) is 9.26. The Bertz CT molecular complexity index is 1690. The van der Waals surface area contributed by atoms with Crippen molar-refractivity contribution in [2.45, 2.75) is 51.2 Å². The number of rotatable bonds is 20. The van der Waals surface area contributed by atoms with Gasteiger partial charge in [0, 0.05) is 30.0 Å². The van der Waals surface area contributed by atoms with Crippen molar-refractivity contribution in [2.24, 2.45) is 5.41 Å². The number of ether oxygens (including phenoxy) is 6. The zero-order valence-corrected chi connectivity index (χ0v) is 32.1. The summed E-state index contributed by atoms with van der Waals surface area (Å²) in [5, 5.41) is 11.4. The van der Waals surface area contributed by atoms with Gasteiger partial charge in [-0.2, -0.15) is 0 Å². The van der Waals surface area contributed by atoms with Crippen LogP contribution in [-0.2, 0) is 48.3 Å². The molecule has 0 bridgehead atoms. The molecule has 0 N–H and O–H groups in total. The zero-order chi connectivity index (χ0) is 38.9. The molecule has 2 aliphatic heterocycles. The van der Waals surface area contributed by atoms with Gasteiger partial charge in [-0.05, 0) is 81.6 Å². The second-order valence-electron chi connectivity index (χ2n) is 14.7. The van der Waals surface area contributed by atoms with Crippen LogP contribution in [0.5, 0.6) is 5.75 Å². The lowest BCUT2D eigenvalue weighted by Gasteiger charge is -2.47. The van der Waals surface area contributed by atoms with Crippen LogP contribution in [0.4, 0.5) is 11.4 Å². The van der Waals surface area contributed by atoms with Crippen molar-refractivity contribution >= 4 is 51.9 Å². The molecular weight excluding hydrogens is 708 g/mol. The van der Waals surface area contributed by atoms with Crippen molar-refractivity contribution < 1.29 is 52.5 Å². The molecule has 2 aliphatic rings. The molecule has 15 heteroatoms. The number of benzene rings is 2. The number of nitro groups is 1. The van der Waals surface area contributed by atoms with Crippen LogP contribution in [0.15, 0.2) is 48.5 Å². The van der Waals surface area contributed by atoms with Crippen LogP contribution < -0.4 is 9.64 Å². The number of nitro benzene ring substituents is 1. The van der Waals surface area contributed by atoms with Gasteiger partial charge in [0.05, 0.1) is 36.3 Å². The molecule has 0 saturated carbocycles. The molecule has 2 heterocycles. The number of hydrogen-bond acceptors (Lipinski definition) is 13. The van der Waals surface area contributed by atoms with E-state index in [4.69, 9.17) is 28.4 Å². The van der Waals surface area contributed by atoms with Crippen molar-refractivity contribution in [1.82, 2.24) is 0 Å². The topological polar surface area (TPSA) is 170 Å². The van der Waals surface area contributed by atoms with Crippen LogP contribution in [0.2, 0.25) is 0 Å². The van der Waals surface area contributed by atoms with Gasteiger partial charge in [-0.25, -0.2) is 10.0 Å². The van der Waals surface area contributed by atoms with Crippen molar-refractivity contribution in [3.05, 3.63) is 69.8 Å². The normalized spacial score (nSPS) is 18.2. The lowest BCUT2D eigenvalue weighted by Crippen LogP contribution is -2.60. The average molecular weight is 759 g/mol. The Balaban J connectivity index is 1.33. The van der Waals surface area contributed by atoms with E-state index >= 15 is 0 Å². The number of carbonyl (C=O) groups is 4. The molecular formula is C38H50N2O12S. The molecule has 14 nitrogen and oxygen atoms in total. The number of carbonyl (C=O) groups excluding carboxylic acids is 4. The fraction of sp³-hybridized carbons (Fsp3) is 0.526. The maximum absolute atomic E-state index is 13.5. The molecule has 2 atom stereocenters. The highest BCUT2D eigenvalue weighted by Gasteiger charge is 2.58. The first kappa shape index (κ1) is 41.1. The van der Waals surface area contributed by atoms with Gasteiger partial charge >= 0.3 is 17.9 Å². The van der Waals surface area contributed by atoms with Crippen LogP contribution in [0, 0.1) is 15.5 Å². The molecule has 2 aromatic rings. The Hall–Kier alpha value is -4.63. The molecule has 290 valence electrons. The molecule has 0 fully saturated rings. The number of esters is 3. The van der Waals surface area contributed by atoms with Gasteiger partial charge in [-0.3, -0.25) is 29.3 Å². The van der Waals surface area contributed by atoms with E-state index in [0.29, 0.717) is 17.9 Å². The van der Waals surface area contributed by atoms with Crippen molar-refractivity contribution in [3.8, 4) is 5.75 Å². The van der Waals surface area contributed by atoms with E-state index in [9.17, 15) is 29.3 Å². The standard InChI is InChI=1S/C38H50N2O12S/c1-36(2)30-10-7-8-11-31(30)39(38(36)17-16-28-24-29(40(45)46)12-13-32(28)52-38)18-20-50-35(44)37(3,25-48-27-41)26-51-34(43)15-14-33(42)49-22-21-47-19-9-23-53(4,5)6/h7-8,10-13,16-17,24,27H,9,14-15,18-23,25-26H2,1-6H3. The summed E-state index contributed by atoms with van der Waals surface area (Å²) in [6, 6.07) is 12.2. The Kier molecular flexibility index (Phi) is 13.6. The summed E-state index contributed by atoms with van der Waals surface area (Å²) in [6.07, 6.45) is 10.8. The van der Waals surface area contributed by atoms with E-state index in [1.54, 1.807) is 12.1 Å². The highest BCUT2D eigenvalue weighted by atomic mass is 32.3. The second kappa shape index (κ2) is 17.5. The van der Waals surface area contributed by atoms with Gasteiger partial charge in [0.1, 0.15) is 37.6 Å². The Morgan fingerprint density at radius 2 is 1.68 bits per heavy atom. The molecule has 2 unspecified atom stereocenters. The zero-order valence-electron chi connectivity index (χ0n) is 31.3. The van der Waals surface area contributed by atoms with Crippen LogP contribution in [0.1, 0.15) is 51.2 Å². The third kappa shape index (κ3) is 10.1. The number of non-ortho nitro benzene ring substituents is 1. The summed E-state index contributed by atoms with van der Waals surface area (Å²) in [4.78, 5) is 62.1. The average Bonchev–Trinajstić information content (AvgIpc) is 3.29. The first-order chi connectivity index (χ1) is 25.0. The Labute approximate surface area is 311 Å². The molecule has 0 aliphatic carbocycles. The number of fused-ring (bicyclic) bond motifs is 2. The van der Waals surface area contributed by atoms with E-state index in [0.717, 1.165) is 23.4 Å². The largest absolute Gasteiger partial charge is 0.467 e. The predicted molar refractivity (Wildman–Crippen MR) is 200 cm³/mol. The van der Waals surface area contributed by atoms with Gasteiger partial charge < -0.3 is 33.3 Å². The predicted octanol–water partition coefficient (Wildman–Crippen LogP) is 5.18. The van der Waals surface area contributed by atoms with Crippen molar-refractivity contribution in [3.63, 3.8) is 0 Å². The van der Waals surface area contributed by atoms with E-state index < -0.39 is 62.6 Å². The molecule has 0 saturated heterocycles. The first-order valence-electron chi connectivity index (χ1n) is 17.3. The van der Waals surface area contributed by atoms with E-state index in [-0.39, 0.29) is 51.4 Å². The lowest BCUT2D eigenvalue weighted by atomic mass is 9.76. The molecule has 0 amide bonds. The summed E-state index contributed by atoms with van der Waals surface area (Å²) in [5.74, 6) is -0.526. The molecule has 1 spiro atoms. The maximum atomic E-state index is 13.5. The second-order valence-corrected chi connectivity index (χ2v) is 19.2. The minimum atomic E-state index is -1.54. The highest BCUT2D eigenvalue weighted by molar-refractivity contribution is 8.32. The SMILES string of the molecule is CC(COC=O)(COC(=O)CCC(=O)OCCOCCCS(C)(C)C)C(=O)OCCN1c2ccccc2C(C)(C)C12C=Cc1cc([N+](=O)[O-])ccc1O2. The number of anilines is 1. The summed E-state index contributed by atoms with van der Waals surface area (Å²) >= 11 is 0. The molecule has 0 radical (unpaired) electrons. The summed E-state index contributed by atoms with van der Waals surface area (Å²) in [6.45, 7) is 5.80. The smallest absolute Gasteiger partial charge is 0.318 e. The first-order valence-corrected chi connectivity index (χ1v) is 20.4. The van der Waals surface area contributed by atoms with E-state index in [1.807, 2.05) is 49.1 Å². The van der Waals surface area contributed by atoms with Crippen LogP contribution in [0.3, 0.4) is 0 Å². The number of nitrogens with zero attached hydrogens (tertiary/aromatic N) is 2. The van der Waals surface area contributed by atoms with Gasteiger partial charge in [0.15, 0.2) is 0 Å². The van der Waals surface area contributed by atoms with Crippen molar-refractivity contribution in [1.29, 1.82) is 0 Å². The Morgan fingerprint density at radius 1 is 0.962 bits per heavy atom. The summed E-state index contributed by atoms with van der Waals surface area (Å²) in [7, 11) is -0.584. The quantitative estimate of drug-likeness (QED) is 0.0433.